The van der Waals surface area contributed by atoms with Gasteiger partial charge in [0.05, 0.1) is 64.6 Å². The molecule has 0 heterocycles. The quantitative estimate of drug-likeness (QED) is 0.0873. The Labute approximate surface area is 378 Å². The van der Waals surface area contributed by atoms with E-state index in [1.54, 1.807) is 0 Å². The van der Waals surface area contributed by atoms with Crippen molar-refractivity contribution in [1.82, 2.24) is 0 Å². The van der Waals surface area contributed by atoms with E-state index in [-0.39, 0.29) is 22.7 Å². The summed E-state index contributed by atoms with van der Waals surface area (Å²) in [5.74, 6) is 0. The Morgan fingerprint density at radius 3 is 0.529 bits per heavy atom. The van der Waals surface area contributed by atoms with Crippen LogP contribution >= 0.6 is 0 Å². The molecule has 0 saturated heterocycles. The van der Waals surface area contributed by atoms with Crippen LogP contribution in [0, 0.1) is 0 Å². The molecule has 0 bridgehead atoms. The van der Waals surface area contributed by atoms with E-state index >= 15 is 0 Å². The zero-order valence-corrected chi connectivity index (χ0v) is 36.6. The number of sulfonamides is 4. The normalized spacial score (nSPS) is 12.9. The van der Waals surface area contributed by atoms with Gasteiger partial charge in [0.1, 0.15) is 0 Å². The number of hydrogen-bond acceptors (Lipinski definition) is 8. The molecule has 0 fully saturated rings. The average Bonchev–Trinajstić information content (AvgIpc) is 3.24. The lowest BCUT2D eigenvalue weighted by atomic mass is 10.2. The monoisotopic (exact) mass is 1050 g/mol. The fourth-order valence-corrected chi connectivity index (χ4v) is 9.75. The second-order valence-electron chi connectivity index (χ2n) is 13.6. The molecule has 0 aromatic heterocycles. The van der Waals surface area contributed by atoms with Crippen molar-refractivity contribution in [3.63, 3.8) is 0 Å². The number of rotatable bonds is 12. The van der Waals surface area contributed by atoms with Gasteiger partial charge < -0.3 is 0 Å². The van der Waals surface area contributed by atoms with Crippen LogP contribution in [0.25, 0.3) is 0 Å². The van der Waals surface area contributed by atoms with Gasteiger partial charge in [-0.15, -0.1) is 0 Å². The zero-order valence-electron chi connectivity index (χ0n) is 33.3. The number of benzene rings is 6. The van der Waals surface area contributed by atoms with Crippen molar-refractivity contribution in [3.8, 4) is 0 Å². The van der Waals surface area contributed by atoms with E-state index in [1.807, 2.05) is 0 Å². The van der Waals surface area contributed by atoms with Crippen molar-refractivity contribution in [1.29, 1.82) is 0 Å². The summed E-state index contributed by atoms with van der Waals surface area (Å²) in [6, 6.07) is 20.7. The molecule has 0 saturated carbocycles. The number of anilines is 4. The number of para-hydroxylation sites is 4. The summed E-state index contributed by atoms with van der Waals surface area (Å²) in [5, 5.41) is 0. The molecule has 0 unspecified atom stereocenters. The number of halogens is 12. The molecule has 6 aromatic rings. The molecule has 364 valence electrons. The smallest absolute Gasteiger partial charge is 0.277 e. The minimum absolute atomic E-state index is 0.266. The molecule has 0 spiro atoms. The Morgan fingerprint density at radius 1 is 0.250 bits per heavy atom. The van der Waals surface area contributed by atoms with Crippen LogP contribution in [0.15, 0.2) is 165 Å². The summed E-state index contributed by atoms with van der Waals surface area (Å²) in [7, 11) is -17.7. The van der Waals surface area contributed by atoms with E-state index in [4.69, 9.17) is 0 Å². The van der Waals surface area contributed by atoms with Gasteiger partial charge in [-0.25, -0.2) is 33.7 Å². The van der Waals surface area contributed by atoms with Gasteiger partial charge in [0.2, 0.25) is 0 Å². The van der Waals surface area contributed by atoms with Crippen LogP contribution in [0.4, 0.5) is 75.4 Å². The first kappa shape index (κ1) is 52.4. The van der Waals surface area contributed by atoms with Crippen LogP contribution in [0.5, 0.6) is 0 Å². The molecule has 0 aliphatic rings. The first-order valence-corrected chi connectivity index (χ1v) is 24.1. The Morgan fingerprint density at radius 2 is 0.397 bits per heavy atom. The zero-order chi connectivity index (χ0) is 50.7. The van der Waals surface area contributed by atoms with Gasteiger partial charge in [0.15, 0.2) is 0 Å². The lowest BCUT2D eigenvalue weighted by molar-refractivity contribution is -0.138. The molecule has 0 atom stereocenters. The molecule has 0 radical (unpaired) electrons. The van der Waals surface area contributed by atoms with Gasteiger partial charge in [0.25, 0.3) is 40.1 Å². The molecule has 0 amide bonds. The van der Waals surface area contributed by atoms with E-state index in [0.29, 0.717) is 48.5 Å². The second-order valence-corrected chi connectivity index (χ2v) is 20.3. The molecule has 6 aromatic carbocycles. The molecular weight excluding hydrogens is 1020 g/mol. The summed E-state index contributed by atoms with van der Waals surface area (Å²) in [4.78, 5) is -2.05. The maximum atomic E-state index is 12.7. The molecule has 6 rings (SSSR count). The molecule has 0 aliphatic heterocycles. The van der Waals surface area contributed by atoms with E-state index in [0.717, 1.165) is 48.5 Å². The van der Waals surface area contributed by atoms with E-state index in [9.17, 15) is 86.4 Å². The van der Waals surface area contributed by atoms with Crippen molar-refractivity contribution in [2.45, 2.75) is 44.3 Å². The predicted octanol–water partition coefficient (Wildman–Crippen LogP) is 10.7. The van der Waals surface area contributed by atoms with Crippen molar-refractivity contribution >= 4 is 62.8 Å². The lowest BCUT2D eigenvalue weighted by Crippen LogP contribution is -2.18. The number of nitrogens with one attached hydrogen (secondary N) is 4. The fraction of sp³-hybridized carbons (Fsp3) is 0.100. The summed E-state index contributed by atoms with van der Waals surface area (Å²) in [6.45, 7) is 0. The summed E-state index contributed by atoms with van der Waals surface area (Å²) in [5.41, 5.74) is -5.30. The van der Waals surface area contributed by atoms with E-state index in [1.165, 1.54) is 48.5 Å². The van der Waals surface area contributed by atoms with Gasteiger partial charge >= 0.3 is 24.7 Å². The highest BCUT2D eigenvalue weighted by atomic mass is 32.2. The largest absolute Gasteiger partial charge is 0.416 e. The third-order valence-corrected chi connectivity index (χ3v) is 14.3. The summed E-state index contributed by atoms with van der Waals surface area (Å²) in [6.07, 6.45) is -18.7. The maximum Gasteiger partial charge on any atom is 0.416 e. The van der Waals surface area contributed by atoms with E-state index < -0.39 is 107 Å². The topological polar surface area (TPSA) is 185 Å². The Kier molecular flexibility index (Phi) is 14.8. The second kappa shape index (κ2) is 19.2. The van der Waals surface area contributed by atoms with Gasteiger partial charge in [-0.05, 0) is 121 Å². The highest BCUT2D eigenvalue weighted by Crippen LogP contribution is 2.35. The minimum Gasteiger partial charge on any atom is -0.277 e. The summed E-state index contributed by atoms with van der Waals surface area (Å²) < 4.78 is 262. The highest BCUT2D eigenvalue weighted by Gasteiger charge is 2.34. The maximum absolute atomic E-state index is 12.7. The molecule has 4 N–H and O–H groups in total. The van der Waals surface area contributed by atoms with Gasteiger partial charge in [-0.3, -0.25) is 18.9 Å². The molecule has 28 heteroatoms. The Balaban J connectivity index is 0.000000254. The summed E-state index contributed by atoms with van der Waals surface area (Å²) >= 11 is 0. The minimum atomic E-state index is -4.67. The van der Waals surface area contributed by atoms with Gasteiger partial charge in [-0.1, -0.05) is 24.3 Å². The number of alkyl halides is 12. The number of hydrogen-bond donors (Lipinski definition) is 4. The average molecular weight is 1050 g/mol. The lowest BCUT2D eigenvalue weighted by Gasteiger charge is -2.15. The van der Waals surface area contributed by atoms with E-state index in [2.05, 4.69) is 18.9 Å². The van der Waals surface area contributed by atoms with Crippen molar-refractivity contribution < 1.29 is 86.4 Å². The van der Waals surface area contributed by atoms with Crippen LogP contribution < -0.4 is 18.9 Å². The van der Waals surface area contributed by atoms with Crippen molar-refractivity contribution in [3.05, 3.63) is 168 Å². The van der Waals surface area contributed by atoms with Gasteiger partial charge in [0, 0.05) is 0 Å². The van der Waals surface area contributed by atoms with Crippen LogP contribution in [0.2, 0.25) is 0 Å². The third-order valence-electron chi connectivity index (χ3n) is 8.80. The molecule has 68 heavy (non-hydrogen) atoms. The SMILES string of the molecule is O=S(=O)(Nc1ccccc1NS(=O)(=O)c1ccc(C(F)(F)F)cc1)c1ccc(C(F)(F)F)cc1.O=S(=O)(Nc1ccccc1NS(=O)(=O)c1ccc(C(F)(F)F)cc1)c1ccc(C(F)(F)F)cc1. The molecule has 12 nitrogen and oxygen atoms in total. The first-order valence-electron chi connectivity index (χ1n) is 18.2. The highest BCUT2D eigenvalue weighted by molar-refractivity contribution is 7.93. The first-order chi connectivity index (χ1) is 31.2. The Bertz CT molecular complexity index is 2770. The van der Waals surface area contributed by atoms with Gasteiger partial charge in [-0.2, -0.15) is 52.7 Å². The van der Waals surface area contributed by atoms with Crippen molar-refractivity contribution in [2.75, 3.05) is 18.9 Å². The standard InChI is InChI=1S/2C20H14F6N2O4S2/c2*21-19(22,23)13-5-9-15(10-6-13)33(29,30)27-17-3-1-2-4-18(17)28-34(31,32)16-11-7-14(8-12-16)20(24,25)26/h2*1-12,27-28H. The Hall–Kier alpha value is -6.52. The van der Waals surface area contributed by atoms with Crippen LogP contribution in [0.3, 0.4) is 0 Å². The van der Waals surface area contributed by atoms with Crippen LogP contribution in [0.1, 0.15) is 22.3 Å². The third kappa shape index (κ3) is 13.3. The molecule has 0 aliphatic carbocycles. The van der Waals surface area contributed by atoms with Crippen LogP contribution in [-0.2, 0) is 64.8 Å². The van der Waals surface area contributed by atoms with Crippen molar-refractivity contribution in [2.24, 2.45) is 0 Å². The molecular formula is C40H28F12N4O8S4. The fourth-order valence-electron chi connectivity index (χ4n) is 5.43. The van der Waals surface area contributed by atoms with Crippen LogP contribution in [-0.4, -0.2) is 33.7 Å². The predicted molar refractivity (Wildman–Crippen MR) is 222 cm³/mol.